The second kappa shape index (κ2) is 6.68. The van der Waals surface area contributed by atoms with E-state index in [-0.39, 0.29) is 12.8 Å². The summed E-state index contributed by atoms with van der Waals surface area (Å²) in [5, 5.41) is 11.1. The van der Waals surface area contributed by atoms with Crippen LogP contribution in [0.2, 0.25) is 0 Å². The van der Waals surface area contributed by atoms with Crippen molar-refractivity contribution in [3.05, 3.63) is 0 Å². The number of aliphatic carboxylic acids is 1. The van der Waals surface area contributed by atoms with Crippen LogP contribution in [-0.2, 0) is 9.53 Å². The molecular weight excluding hydrogens is 304 g/mol. The van der Waals surface area contributed by atoms with Gasteiger partial charge < -0.3 is 15.2 Å². The van der Waals surface area contributed by atoms with Gasteiger partial charge in [0.1, 0.15) is 11.6 Å². The summed E-state index contributed by atoms with van der Waals surface area (Å²) in [6.07, 6.45) is -0.825. The minimum Gasteiger partial charge on any atom is -0.480 e. The summed E-state index contributed by atoms with van der Waals surface area (Å²) < 4.78 is 3.39. The average molecular weight is 321 g/mol. The van der Waals surface area contributed by atoms with Gasteiger partial charge in [0.15, 0.2) is 3.79 Å². The molecule has 0 aromatic rings. The van der Waals surface area contributed by atoms with Gasteiger partial charge in [-0.3, -0.25) is 0 Å². The van der Waals surface area contributed by atoms with E-state index in [9.17, 15) is 9.59 Å². The zero-order valence-corrected chi connectivity index (χ0v) is 12.6. The molecule has 106 valence electrons. The predicted molar refractivity (Wildman–Crippen MR) is 70.3 cm³/mol. The third-order valence-electron chi connectivity index (χ3n) is 1.71. The topological polar surface area (TPSA) is 75.6 Å². The normalized spacial score (nSPS) is 13.9. The molecule has 2 N–H and O–H groups in total. The molecule has 0 rings (SSSR count). The molecule has 0 saturated carbocycles. The fourth-order valence-electron chi connectivity index (χ4n) is 1.02. The molecule has 18 heavy (non-hydrogen) atoms. The van der Waals surface area contributed by atoms with Gasteiger partial charge in [0.25, 0.3) is 0 Å². The monoisotopic (exact) mass is 319 g/mol. The first-order chi connectivity index (χ1) is 7.91. The SMILES string of the molecule is CC(C)(C)OC(=O)N[C@H](CCC(Cl)(Cl)Cl)C(=O)O. The lowest BCUT2D eigenvalue weighted by Crippen LogP contribution is -2.43. The summed E-state index contributed by atoms with van der Waals surface area (Å²) in [5.41, 5.74) is -0.706. The fourth-order valence-corrected chi connectivity index (χ4v) is 1.34. The van der Waals surface area contributed by atoms with Crippen LogP contribution in [0.5, 0.6) is 0 Å². The van der Waals surface area contributed by atoms with Gasteiger partial charge in [-0.2, -0.15) is 0 Å². The van der Waals surface area contributed by atoms with Crippen molar-refractivity contribution in [2.24, 2.45) is 0 Å². The number of carbonyl (C=O) groups excluding carboxylic acids is 1. The van der Waals surface area contributed by atoms with Gasteiger partial charge in [0.05, 0.1) is 0 Å². The van der Waals surface area contributed by atoms with E-state index < -0.39 is 27.5 Å². The van der Waals surface area contributed by atoms with Crippen molar-refractivity contribution in [3.63, 3.8) is 0 Å². The van der Waals surface area contributed by atoms with Crippen molar-refractivity contribution >= 4 is 46.9 Å². The molecule has 0 aromatic carbocycles. The van der Waals surface area contributed by atoms with Gasteiger partial charge in [-0.15, -0.1) is 0 Å². The molecule has 5 nitrogen and oxygen atoms in total. The third-order valence-corrected chi connectivity index (χ3v) is 2.27. The van der Waals surface area contributed by atoms with Gasteiger partial charge >= 0.3 is 12.1 Å². The molecule has 1 atom stereocenters. The Kier molecular flexibility index (Phi) is 6.54. The number of amides is 1. The summed E-state index contributed by atoms with van der Waals surface area (Å²) >= 11 is 16.6. The smallest absolute Gasteiger partial charge is 0.408 e. The molecule has 1 amide bonds. The highest BCUT2D eigenvalue weighted by atomic mass is 35.6. The summed E-state index contributed by atoms with van der Waals surface area (Å²) in [7, 11) is 0. The van der Waals surface area contributed by atoms with Crippen molar-refractivity contribution in [3.8, 4) is 0 Å². The number of alkyl carbamates (subject to hydrolysis) is 1. The van der Waals surface area contributed by atoms with E-state index >= 15 is 0 Å². The molecular formula is C10H16Cl3NO4. The van der Waals surface area contributed by atoms with Crippen LogP contribution in [0.4, 0.5) is 4.79 Å². The molecule has 8 heteroatoms. The molecule has 0 aliphatic carbocycles. The van der Waals surface area contributed by atoms with Crippen LogP contribution in [0.25, 0.3) is 0 Å². The first-order valence-electron chi connectivity index (χ1n) is 5.20. The molecule has 0 bridgehead atoms. The zero-order valence-electron chi connectivity index (χ0n) is 10.3. The van der Waals surface area contributed by atoms with Gasteiger partial charge in [0, 0.05) is 0 Å². The number of hydrogen-bond acceptors (Lipinski definition) is 3. The second-order valence-electron chi connectivity index (χ2n) is 4.69. The Balaban J connectivity index is 4.37. The lowest BCUT2D eigenvalue weighted by Gasteiger charge is -2.22. The van der Waals surface area contributed by atoms with E-state index in [4.69, 9.17) is 44.6 Å². The molecule has 0 aromatic heterocycles. The van der Waals surface area contributed by atoms with E-state index in [0.29, 0.717) is 0 Å². The molecule has 0 unspecified atom stereocenters. The first kappa shape index (κ1) is 17.6. The molecule has 0 saturated heterocycles. The van der Waals surface area contributed by atoms with E-state index in [1.54, 1.807) is 20.8 Å². The molecule has 0 spiro atoms. The molecule has 0 heterocycles. The van der Waals surface area contributed by atoms with Crippen molar-refractivity contribution < 1.29 is 19.4 Å². The maximum absolute atomic E-state index is 11.4. The highest BCUT2D eigenvalue weighted by Crippen LogP contribution is 2.31. The van der Waals surface area contributed by atoms with Crippen LogP contribution in [0.3, 0.4) is 0 Å². The number of halogens is 3. The Morgan fingerprint density at radius 2 is 1.78 bits per heavy atom. The van der Waals surface area contributed by atoms with Gasteiger partial charge in [-0.25, -0.2) is 9.59 Å². The molecule has 0 aliphatic heterocycles. The number of carbonyl (C=O) groups is 2. The lowest BCUT2D eigenvalue weighted by molar-refractivity contribution is -0.139. The van der Waals surface area contributed by atoms with Crippen molar-refractivity contribution in [1.82, 2.24) is 5.32 Å². The maximum Gasteiger partial charge on any atom is 0.408 e. The highest BCUT2D eigenvalue weighted by Gasteiger charge is 2.28. The van der Waals surface area contributed by atoms with E-state index in [1.807, 2.05) is 0 Å². The Morgan fingerprint density at radius 3 is 2.11 bits per heavy atom. The Bertz CT molecular complexity index is 309. The molecule has 0 radical (unpaired) electrons. The fraction of sp³-hybridized carbons (Fsp3) is 0.800. The predicted octanol–water partition coefficient (Wildman–Crippen LogP) is 3.11. The number of rotatable bonds is 4. The summed E-state index contributed by atoms with van der Waals surface area (Å²) in [6.45, 7) is 5.01. The molecule has 0 aliphatic rings. The summed E-state index contributed by atoms with van der Waals surface area (Å²) in [6, 6.07) is -1.16. The minimum atomic E-state index is -1.55. The Morgan fingerprint density at radius 1 is 1.28 bits per heavy atom. The summed E-state index contributed by atoms with van der Waals surface area (Å²) in [4.78, 5) is 22.3. The van der Waals surface area contributed by atoms with Crippen molar-refractivity contribution in [1.29, 1.82) is 0 Å². The van der Waals surface area contributed by atoms with Gasteiger partial charge in [0.2, 0.25) is 0 Å². The van der Waals surface area contributed by atoms with Crippen molar-refractivity contribution in [2.45, 2.75) is 49.0 Å². The van der Waals surface area contributed by atoms with E-state index in [0.717, 1.165) is 0 Å². The Hall–Kier alpha value is -0.390. The van der Waals surface area contributed by atoms with Gasteiger partial charge in [-0.1, -0.05) is 34.8 Å². The van der Waals surface area contributed by atoms with E-state index in [2.05, 4.69) is 5.32 Å². The zero-order chi connectivity index (χ0) is 14.6. The third kappa shape index (κ3) is 9.62. The number of alkyl halides is 3. The van der Waals surface area contributed by atoms with Crippen LogP contribution in [-0.4, -0.2) is 32.6 Å². The van der Waals surface area contributed by atoms with Crippen molar-refractivity contribution in [2.75, 3.05) is 0 Å². The van der Waals surface area contributed by atoms with Crippen LogP contribution in [0.1, 0.15) is 33.6 Å². The number of hydrogen-bond donors (Lipinski definition) is 2. The van der Waals surface area contributed by atoms with Gasteiger partial charge in [-0.05, 0) is 33.6 Å². The van der Waals surface area contributed by atoms with Crippen LogP contribution >= 0.6 is 34.8 Å². The number of carboxylic acids is 1. The lowest BCUT2D eigenvalue weighted by atomic mass is 10.1. The second-order valence-corrected chi connectivity index (χ2v) is 7.21. The Labute approximate surface area is 121 Å². The van der Waals surface area contributed by atoms with Crippen LogP contribution in [0, 0.1) is 0 Å². The number of ether oxygens (including phenoxy) is 1. The van der Waals surface area contributed by atoms with Crippen LogP contribution in [0.15, 0.2) is 0 Å². The minimum absolute atomic E-state index is 0.00440. The highest BCUT2D eigenvalue weighted by molar-refractivity contribution is 6.67. The average Bonchev–Trinajstić information content (AvgIpc) is 2.06. The quantitative estimate of drug-likeness (QED) is 0.780. The largest absolute Gasteiger partial charge is 0.480 e. The first-order valence-corrected chi connectivity index (χ1v) is 6.33. The number of nitrogens with one attached hydrogen (secondary N) is 1. The summed E-state index contributed by atoms with van der Waals surface area (Å²) in [5.74, 6) is -1.21. The molecule has 0 fully saturated rings. The standard InChI is InChI=1S/C10H16Cl3NO4/c1-9(2,3)18-8(17)14-6(7(15)16)4-5-10(11,12)13/h6H,4-5H2,1-3H3,(H,14,17)(H,15,16)/t6-/m1/s1. The van der Waals surface area contributed by atoms with E-state index in [1.165, 1.54) is 0 Å². The maximum atomic E-state index is 11.4. The number of carboxylic acid groups (broad SMARTS) is 1. The van der Waals surface area contributed by atoms with Crippen LogP contribution < -0.4 is 5.32 Å².